The van der Waals surface area contributed by atoms with E-state index in [9.17, 15) is 13.2 Å². The van der Waals surface area contributed by atoms with E-state index < -0.39 is 22.1 Å². The number of ether oxygens (including phenoxy) is 1. The number of sulfonamides is 1. The summed E-state index contributed by atoms with van der Waals surface area (Å²) in [6.07, 6.45) is -0.794. The molecule has 0 spiro atoms. The molecule has 102 valence electrons. The first-order chi connectivity index (χ1) is 8.27. The van der Waals surface area contributed by atoms with Gasteiger partial charge in [0.25, 0.3) is 0 Å². The average Bonchev–Trinajstić information content (AvgIpc) is 2.68. The number of thiophene rings is 1. The van der Waals surface area contributed by atoms with Gasteiger partial charge in [-0.2, -0.15) is 0 Å². The van der Waals surface area contributed by atoms with E-state index in [0.717, 1.165) is 11.3 Å². The fourth-order valence-corrected chi connectivity index (χ4v) is 4.65. The number of hydrogen-bond donors (Lipinski definition) is 2. The van der Waals surface area contributed by atoms with Crippen LogP contribution in [-0.4, -0.2) is 39.3 Å². The molecule has 0 aromatic carbocycles. The minimum Gasteiger partial charge on any atom is -0.465 e. The Morgan fingerprint density at radius 1 is 1.67 bits per heavy atom. The lowest BCUT2D eigenvalue weighted by Gasteiger charge is -2.07. The zero-order chi connectivity index (χ0) is 13.9. The van der Waals surface area contributed by atoms with Crippen LogP contribution in [0.5, 0.6) is 0 Å². The summed E-state index contributed by atoms with van der Waals surface area (Å²) < 4.78 is 30.8. The normalized spacial score (nSPS) is 13.3. The number of aliphatic hydroxyl groups excluding tert-OH is 1. The predicted octanol–water partition coefficient (Wildman–Crippen LogP) is 0.956. The average molecular weight is 358 g/mol. The lowest BCUT2D eigenvalue weighted by molar-refractivity contribution is 0.0606. The molecule has 0 aliphatic carbocycles. The van der Waals surface area contributed by atoms with Crippen LogP contribution in [0.25, 0.3) is 0 Å². The molecule has 1 aromatic rings. The molecule has 0 bridgehead atoms. The van der Waals surface area contributed by atoms with Crippen molar-refractivity contribution in [3.63, 3.8) is 0 Å². The summed E-state index contributed by atoms with van der Waals surface area (Å²) in [5, 5.41) is 9.05. The van der Waals surface area contributed by atoms with E-state index >= 15 is 0 Å². The molecule has 9 heteroatoms. The Kier molecular flexibility index (Phi) is 5.29. The molecule has 0 unspecified atom stereocenters. The van der Waals surface area contributed by atoms with Gasteiger partial charge in [0.2, 0.25) is 10.0 Å². The second-order valence-electron chi connectivity index (χ2n) is 3.44. The molecule has 0 saturated carbocycles. The van der Waals surface area contributed by atoms with Crippen LogP contribution < -0.4 is 4.72 Å². The Hall–Kier alpha value is -0.480. The summed E-state index contributed by atoms with van der Waals surface area (Å²) >= 11 is 4.06. The second kappa shape index (κ2) is 6.11. The van der Waals surface area contributed by atoms with Crippen molar-refractivity contribution in [2.24, 2.45) is 0 Å². The van der Waals surface area contributed by atoms with Crippen LogP contribution in [-0.2, 0) is 14.8 Å². The van der Waals surface area contributed by atoms with Crippen molar-refractivity contribution in [2.75, 3.05) is 13.7 Å². The van der Waals surface area contributed by atoms with Crippen LogP contribution in [0.15, 0.2) is 14.7 Å². The molecule has 1 rings (SSSR count). The van der Waals surface area contributed by atoms with Crippen LogP contribution in [0.2, 0.25) is 0 Å². The summed E-state index contributed by atoms with van der Waals surface area (Å²) in [7, 11) is -2.54. The van der Waals surface area contributed by atoms with E-state index in [1.165, 1.54) is 20.1 Å². The summed E-state index contributed by atoms with van der Waals surface area (Å²) in [5.74, 6) is -0.599. The van der Waals surface area contributed by atoms with E-state index in [1.54, 1.807) is 0 Å². The van der Waals surface area contributed by atoms with Gasteiger partial charge in [0, 0.05) is 6.54 Å². The highest BCUT2D eigenvalue weighted by molar-refractivity contribution is 9.11. The molecular weight excluding hydrogens is 346 g/mol. The number of hydrogen-bond acceptors (Lipinski definition) is 6. The Morgan fingerprint density at radius 3 is 2.78 bits per heavy atom. The quantitative estimate of drug-likeness (QED) is 0.765. The predicted molar refractivity (Wildman–Crippen MR) is 70.2 cm³/mol. The van der Waals surface area contributed by atoms with Crippen molar-refractivity contribution in [1.82, 2.24) is 4.72 Å². The molecule has 0 radical (unpaired) electrons. The van der Waals surface area contributed by atoms with Crippen LogP contribution in [0.4, 0.5) is 0 Å². The van der Waals surface area contributed by atoms with Crippen molar-refractivity contribution >= 4 is 43.3 Å². The maximum Gasteiger partial charge on any atom is 0.348 e. The molecule has 0 aliphatic heterocycles. The SMILES string of the molecule is COC(=O)c1cc(S(=O)(=O)NC[C@@H](C)O)c(Br)s1. The van der Waals surface area contributed by atoms with Gasteiger partial charge in [-0.3, -0.25) is 0 Å². The molecule has 6 nitrogen and oxygen atoms in total. The molecule has 2 N–H and O–H groups in total. The highest BCUT2D eigenvalue weighted by Gasteiger charge is 2.23. The first-order valence-corrected chi connectivity index (χ1v) is 7.92. The summed E-state index contributed by atoms with van der Waals surface area (Å²) in [6, 6.07) is 1.23. The number of rotatable bonds is 5. The minimum absolute atomic E-state index is 0.0476. The van der Waals surface area contributed by atoms with Gasteiger partial charge in [0.1, 0.15) is 9.77 Å². The maximum atomic E-state index is 11.9. The Balaban J connectivity index is 3.02. The number of esters is 1. The topological polar surface area (TPSA) is 92.7 Å². The first kappa shape index (κ1) is 15.6. The van der Waals surface area contributed by atoms with E-state index in [1.807, 2.05) is 0 Å². The standard InChI is InChI=1S/C9H12BrNO5S2/c1-5(12)4-11-18(14,15)7-3-6(9(13)16-2)17-8(7)10/h3,5,11-12H,4H2,1-2H3/t5-/m1/s1. The molecule has 1 heterocycles. The number of aliphatic hydroxyl groups is 1. The highest BCUT2D eigenvalue weighted by atomic mass is 79.9. The third kappa shape index (κ3) is 3.75. The zero-order valence-electron chi connectivity index (χ0n) is 9.64. The van der Waals surface area contributed by atoms with Crippen molar-refractivity contribution in [1.29, 1.82) is 0 Å². The third-order valence-corrected chi connectivity index (χ3v) is 5.56. The number of nitrogens with one attached hydrogen (secondary N) is 1. The van der Waals surface area contributed by atoms with Gasteiger partial charge in [-0.15, -0.1) is 11.3 Å². The Labute approximate surface area is 117 Å². The van der Waals surface area contributed by atoms with Crippen molar-refractivity contribution in [2.45, 2.75) is 17.9 Å². The summed E-state index contributed by atoms with van der Waals surface area (Å²) in [5.41, 5.74) is 0. The molecular formula is C9H12BrNO5S2. The molecule has 1 aromatic heterocycles. The van der Waals surface area contributed by atoms with E-state index in [0.29, 0.717) is 3.79 Å². The largest absolute Gasteiger partial charge is 0.465 e. The first-order valence-electron chi connectivity index (χ1n) is 4.83. The molecule has 0 amide bonds. The van der Waals surface area contributed by atoms with Crippen molar-refractivity contribution < 1.29 is 23.1 Å². The van der Waals surface area contributed by atoms with Crippen LogP contribution in [0, 0.1) is 0 Å². The molecule has 0 fully saturated rings. The van der Waals surface area contributed by atoms with Gasteiger partial charge in [-0.1, -0.05) is 0 Å². The number of carbonyl (C=O) groups excluding carboxylic acids is 1. The second-order valence-corrected chi connectivity index (χ2v) is 7.55. The summed E-state index contributed by atoms with van der Waals surface area (Å²) in [6.45, 7) is 1.36. The van der Waals surface area contributed by atoms with Gasteiger partial charge in [-0.05, 0) is 28.9 Å². The molecule has 0 aliphatic rings. The van der Waals surface area contributed by atoms with E-state index in [4.69, 9.17) is 5.11 Å². The monoisotopic (exact) mass is 357 g/mol. The molecule has 1 atom stereocenters. The zero-order valence-corrected chi connectivity index (χ0v) is 12.9. The number of methoxy groups -OCH3 is 1. The highest BCUT2D eigenvalue weighted by Crippen LogP contribution is 2.31. The van der Waals surface area contributed by atoms with Gasteiger partial charge in [0.15, 0.2) is 0 Å². The van der Waals surface area contributed by atoms with Crippen LogP contribution in [0.1, 0.15) is 16.6 Å². The van der Waals surface area contributed by atoms with Crippen molar-refractivity contribution in [3.8, 4) is 0 Å². The van der Waals surface area contributed by atoms with E-state index in [2.05, 4.69) is 25.4 Å². The number of halogens is 1. The van der Waals surface area contributed by atoms with Crippen LogP contribution >= 0.6 is 27.3 Å². The summed E-state index contributed by atoms with van der Waals surface area (Å²) in [4.78, 5) is 11.4. The fraction of sp³-hybridized carbons (Fsp3) is 0.444. The van der Waals surface area contributed by atoms with Gasteiger partial charge >= 0.3 is 5.97 Å². The lowest BCUT2D eigenvalue weighted by Crippen LogP contribution is -2.30. The van der Waals surface area contributed by atoms with Crippen LogP contribution in [0.3, 0.4) is 0 Å². The van der Waals surface area contributed by atoms with Gasteiger partial charge in [-0.25, -0.2) is 17.9 Å². The third-order valence-electron chi connectivity index (χ3n) is 1.90. The number of carbonyl (C=O) groups is 1. The van der Waals surface area contributed by atoms with Gasteiger partial charge < -0.3 is 9.84 Å². The minimum atomic E-state index is -3.76. The Morgan fingerprint density at radius 2 is 2.28 bits per heavy atom. The molecule has 0 saturated heterocycles. The van der Waals surface area contributed by atoms with Crippen molar-refractivity contribution in [3.05, 3.63) is 14.7 Å². The van der Waals surface area contributed by atoms with Gasteiger partial charge in [0.05, 0.1) is 17.0 Å². The maximum absolute atomic E-state index is 11.9. The fourth-order valence-electron chi connectivity index (χ4n) is 1.04. The molecule has 18 heavy (non-hydrogen) atoms. The van der Waals surface area contributed by atoms with E-state index in [-0.39, 0.29) is 16.3 Å². The lowest BCUT2D eigenvalue weighted by atomic mass is 10.4. The Bertz CT molecular complexity index is 537. The smallest absolute Gasteiger partial charge is 0.348 e.